The van der Waals surface area contributed by atoms with Crippen LogP contribution >= 0.6 is 0 Å². The number of nitrogens with zero attached hydrogens (tertiary/aromatic N) is 2. The Morgan fingerprint density at radius 1 is 1.10 bits per heavy atom. The molecule has 1 N–H and O–H groups in total. The molecule has 3 heteroatoms. The highest BCUT2D eigenvalue weighted by Crippen LogP contribution is 2.28. The lowest BCUT2D eigenvalue weighted by molar-refractivity contribution is 0.306. The molecule has 2 aliphatic rings. The van der Waals surface area contributed by atoms with Gasteiger partial charge in [0.2, 0.25) is 0 Å². The Hall–Kier alpha value is -1.22. The molecule has 0 amide bonds. The van der Waals surface area contributed by atoms with E-state index in [1.165, 1.54) is 43.7 Å². The third-order valence-electron chi connectivity index (χ3n) is 4.95. The zero-order chi connectivity index (χ0) is 14.9. The fourth-order valence-electron chi connectivity index (χ4n) is 3.61. The fourth-order valence-corrected chi connectivity index (χ4v) is 3.61. The normalized spacial score (nSPS) is 25.4. The van der Waals surface area contributed by atoms with Crippen LogP contribution in [0.15, 0.2) is 24.3 Å². The molecule has 0 spiro atoms. The SMILES string of the molecule is CCC1CNC(C)(C)CN1c1ccc(N2CCCC2)cc1. The van der Waals surface area contributed by atoms with Crippen molar-refractivity contribution in [1.29, 1.82) is 0 Å². The van der Waals surface area contributed by atoms with Gasteiger partial charge >= 0.3 is 0 Å². The van der Waals surface area contributed by atoms with E-state index in [2.05, 4.69) is 60.2 Å². The van der Waals surface area contributed by atoms with Crippen molar-refractivity contribution < 1.29 is 0 Å². The van der Waals surface area contributed by atoms with E-state index >= 15 is 0 Å². The van der Waals surface area contributed by atoms with Crippen molar-refractivity contribution >= 4 is 11.4 Å². The standard InChI is InChI=1S/C18H29N3/c1-4-15-13-19-18(2,3)14-21(15)17-9-7-16(8-10-17)20-11-5-6-12-20/h7-10,15,19H,4-6,11-14H2,1-3H3. The van der Waals surface area contributed by atoms with Crippen molar-refractivity contribution in [1.82, 2.24) is 5.32 Å². The van der Waals surface area contributed by atoms with Gasteiger partial charge in [-0.2, -0.15) is 0 Å². The number of rotatable bonds is 3. The van der Waals surface area contributed by atoms with Crippen molar-refractivity contribution in [3.63, 3.8) is 0 Å². The lowest BCUT2D eigenvalue weighted by Crippen LogP contribution is -2.61. The molecule has 116 valence electrons. The summed E-state index contributed by atoms with van der Waals surface area (Å²) < 4.78 is 0. The fraction of sp³-hybridized carbons (Fsp3) is 0.667. The summed E-state index contributed by atoms with van der Waals surface area (Å²) in [5.74, 6) is 0. The van der Waals surface area contributed by atoms with Gasteiger partial charge in [0.15, 0.2) is 0 Å². The zero-order valence-corrected chi connectivity index (χ0v) is 13.7. The highest BCUT2D eigenvalue weighted by molar-refractivity contribution is 5.57. The van der Waals surface area contributed by atoms with Crippen molar-refractivity contribution in [3.05, 3.63) is 24.3 Å². The van der Waals surface area contributed by atoms with Crippen LogP contribution in [0.25, 0.3) is 0 Å². The monoisotopic (exact) mass is 287 g/mol. The first kappa shape index (κ1) is 14.7. The van der Waals surface area contributed by atoms with Gasteiger partial charge in [-0.3, -0.25) is 0 Å². The van der Waals surface area contributed by atoms with E-state index in [0.717, 1.165) is 13.1 Å². The molecular formula is C18H29N3. The Kier molecular flexibility index (Phi) is 4.12. The van der Waals surface area contributed by atoms with E-state index in [9.17, 15) is 0 Å². The molecule has 0 saturated carbocycles. The molecule has 2 saturated heterocycles. The van der Waals surface area contributed by atoms with Crippen molar-refractivity contribution in [2.45, 2.75) is 51.6 Å². The van der Waals surface area contributed by atoms with Gasteiger partial charge in [-0.15, -0.1) is 0 Å². The highest BCUT2D eigenvalue weighted by Gasteiger charge is 2.31. The first-order valence-corrected chi connectivity index (χ1v) is 8.46. The third kappa shape index (κ3) is 3.18. The van der Waals surface area contributed by atoms with Crippen LogP contribution in [0.5, 0.6) is 0 Å². The smallest absolute Gasteiger partial charge is 0.0412 e. The Morgan fingerprint density at radius 3 is 2.33 bits per heavy atom. The topological polar surface area (TPSA) is 18.5 Å². The highest BCUT2D eigenvalue weighted by atomic mass is 15.3. The van der Waals surface area contributed by atoms with E-state index in [-0.39, 0.29) is 5.54 Å². The Bertz CT molecular complexity index is 460. The number of nitrogens with one attached hydrogen (secondary N) is 1. The number of benzene rings is 1. The van der Waals surface area contributed by atoms with Crippen LogP contribution in [0.1, 0.15) is 40.0 Å². The summed E-state index contributed by atoms with van der Waals surface area (Å²) in [6.07, 6.45) is 3.87. The Labute approximate surface area is 129 Å². The van der Waals surface area contributed by atoms with Gasteiger partial charge in [0, 0.05) is 49.1 Å². The van der Waals surface area contributed by atoms with Gasteiger partial charge in [0.25, 0.3) is 0 Å². The summed E-state index contributed by atoms with van der Waals surface area (Å²) in [6, 6.07) is 9.86. The minimum atomic E-state index is 0.194. The summed E-state index contributed by atoms with van der Waals surface area (Å²) in [5, 5.41) is 3.67. The van der Waals surface area contributed by atoms with Crippen LogP contribution in [-0.2, 0) is 0 Å². The molecule has 21 heavy (non-hydrogen) atoms. The van der Waals surface area contributed by atoms with Crippen LogP contribution in [0.4, 0.5) is 11.4 Å². The molecule has 0 aliphatic carbocycles. The minimum absolute atomic E-state index is 0.194. The maximum atomic E-state index is 3.67. The van der Waals surface area contributed by atoms with Crippen molar-refractivity contribution in [2.24, 2.45) is 0 Å². The van der Waals surface area contributed by atoms with Gasteiger partial charge in [-0.25, -0.2) is 0 Å². The molecule has 0 radical (unpaired) electrons. The first-order chi connectivity index (χ1) is 10.1. The second-order valence-corrected chi connectivity index (χ2v) is 7.17. The van der Waals surface area contributed by atoms with Gasteiger partial charge in [0.05, 0.1) is 0 Å². The quantitative estimate of drug-likeness (QED) is 0.920. The molecule has 0 bridgehead atoms. The second kappa shape index (κ2) is 5.88. The predicted octanol–water partition coefficient (Wildman–Crippen LogP) is 3.25. The van der Waals surface area contributed by atoms with E-state index in [1.807, 2.05) is 0 Å². The average molecular weight is 287 g/mol. The number of hydrogen-bond donors (Lipinski definition) is 1. The van der Waals surface area contributed by atoms with E-state index in [1.54, 1.807) is 0 Å². The van der Waals surface area contributed by atoms with E-state index in [0.29, 0.717) is 6.04 Å². The summed E-state index contributed by atoms with van der Waals surface area (Å²) in [7, 11) is 0. The lowest BCUT2D eigenvalue weighted by Gasteiger charge is -2.46. The van der Waals surface area contributed by atoms with Crippen molar-refractivity contribution in [2.75, 3.05) is 36.0 Å². The van der Waals surface area contributed by atoms with Crippen LogP contribution < -0.4 is 15.1 Å². The molecule has 2 heterocycles. The number of piperazine rings is 1. The molecule has 3 rings (SSSR count). The van der Waals surface area contributed by atoms with Crippen LogP contribution in [-0.4, -0.2) is 37.8 Å². The maximum absolute atomic E-state index is 3.67. The summed E-state index contributed by atoms with van der Waals surface area (Å²) in [4.78, 5) is 5.09. The van der Waals surface area contributed by atoms with Crippen LogP contribution in [0.3, 0.4) is 0 Å². The largest absolute Gasteiger partial charge is 0.372 e. The predicted molar refractivity (Wildman–Crippen MR) is 91.4 cm³/mol. The number of hydrogen-bond acceptors (Lipinski definition) is 3. The van der Waals surface area contributed by atoms with E-state index in [4.69, 9.17) is 0 Å². The van der Waals surface area contributed by atoms with Crippen LogP contribution in [0.2, 0.25) is 0 Å². The number of anilines is 2. The summed E-state index contributed by atoms with van der Waals surface area (Å²) >= 11 is 0. The first-order valence-electron chi connectivity index (χ1n) is 8.46. The summed E-state index contributed by atoms with van der Waals surface area (Å²) in [5.41, 5.74) is 2.96. The summed E-state index contributed by atoms with van der Waals surface area (Å²) in [6.45, 7) is 11.5. The second-order valence-electron chi connectivity index (χ2n) is 7.17. The van der Waals surface area contributed by atoms with Gasteiger partial charge in [-0.1, -0.05) is 6.92 Å². The van der Waals surface area contributed by atoms with Gasteiger partial charge in [0.1, 0.15) is 0 Å². The van der Waals surface area contributed by atoms with Gasteiger partial charge in [-0.05, 0) is 57.4 Å². The molecule has 2 aliphatic heterocycles. The van der Waals surface area contributed by atoms with Gasteiger partial charge < -0.3 is 15.1 Å². The third-order valence-corrected chi connectivity index (χ3v) is 4.95. The maximum Gasteiger partial charge on any atom is 0.0412 e. The molecular weight excluding hydrogens is 258 g/mol. The average Bonchev–Trinajstić information content (AvgIpc) is 3.01. The van der Waals surface area contributed by atoms with Crippen molar-refractivity contribution in [3.8, 4) is 0 Å². The molecule has 3 nitrogen and oxygen atoms in total. The Morgan fingerprint density at radius 2 is 1.71 bits per heavy atom. The Balaban J connectivity index is 1.77. The molecule has 2 fully saturated rings. The molecule has 1 aromatic carbocycles. The molecule has 1 atom stereocenters. The molecule has 1 unspecified atom stereocenters. The molecule has 0 aromatic heterocycles. The minimum Gasteiger partial charge on any atom is -0.372 e. The molecule has 1 aromatic rings. The van der Waals surface area contributed by atoms with Crippen LogP contribution in [0, 0.1) is 0 Å². The van der Waals surface area contributed by atoms with E-state index < -0.39 is 0 Å². The lowest BCUT2D eigenvalue weighted by atomic mass is 9.97. The zero-order valence-electron chi connectivity index (χ0n) is 13.7.